The zero-order valence-corrected chi connectivity index (χ0v) is 12.7. The van der Waals surface area contributed by atoms with E-state index >= 15 is 0 Å². The topological polar surface area (TPSA) is 32.7 Å². The predicted molar refractivity (Wildman–Crippen MR) is 85.6 cm³/mol. The highest BCUT2D eigenvalue weighted by Gasteiger charge is 2.21. The Morgan fingerprint density at radius 1 is 1.19 bits per heavy atom. The number of hydrogen-bond donors (Lipinski definition) is 1. The molecule has 1 unspecified atom stereocenters. The fourth-order valence-corrected chi connectivity index (χ4v) is 2.58. The highest BCUT2D eigenvalue weighted by atomic mass is 16.5. The van der Waals surface area contributed by atoms with Crippen LogP contribution in [0, 0.1) is 0 Å². The Hall–Kier alpha value is -1.74. The Morgan fingerprint density at radius 2 is 2.00 bits per heavy atom. The molecule has 1 N–H and O–H groups in total. The quantitative estimate of drug-likeness (QED) is 0.743. The van der Waals surface area contributed by atoms with E-state index in [1.165, 1.54) is 5.56 Å². The van der Waals surface area contributed by atoms with Crippen LogP contribution in [0.4, 0.5) is 0 Å². The van der Waals surface area contributed by atoms with Gasteiger partial charge in [-0.3, -0.25) is 0 Å². The number of rotatable bonds is 8. The van der Waals surface area contributed by atoms with Crippen LogP contribution in [0.1, 0.15) is 31.7 Å². The summed E-state index contributed by atoms with van der Waals surface area (Å²) < 4.78 is 6.03. The first-order valence-electron chi connectivity index (χ1n) is 7.77. The van der Waals surface area contributed by atoms with E-state index < -0.39 is 0 Å². The van der Waals surface area contributed by atoms with Gasteiger partial charge in [0.25, 0.3) is 0 Å². The van der Waals surface area contributed by atoms with Crippen molar-refractivity contribution >= 4 is 0 Å². The maximum absolute atomic E-state index is 8.91. The van der Waals surface area contributed by atoms with Gasteiger partial charge in [0.2, 0.25) is 0 Å². The van der Waals surface area contributed by atoms with Crippen LogP contribution in [0.3, 0.4) is 0 Å². The van der Waals surface area contributed by atoms with Gasteiger partial charge >= 0.3 is 0 Å². The first kappa shape index (κ1) is 15.6. The molecule has 0 saturated carbocycles. The molecule has 1 aliphatic rings. The van der Waals surface area contributed by atoms with E-state index in [2.05, 4.69) is 36.2 Å². The van der Waals surface area contributed by atoms with Crippen LogP contribution >= 0.6 is 0 Å². The van der Waals surface area contributed by atoms with Gasteiger partial charge in [-0.25, -0.2) is 0 Å². The molecular weight excluding hydrogens is 262 g/mol. The lowest BCUT2D eigenvalue weighted by Gasteiger charge is -2.33. The zero-order valence-electron chi connectivity index (χ0n) is 12.7. The van der Waals surface area contributed by atoms with Gasteiger partial charge in [0.15, 0.2) is 0 Å². The molecule has 2 rings (SSSR count). The number of allylic oxidation sites excluding steroid dienone is 2. The standard InChI is InChI=1S/C18H25NO2/c1-2-17-18(21-15-16-9-4-3-5-10-16)11-8-13-19(17)12-6-7-14-20/h3-5,8-11,13,17,20H,2,6-7,12,14-15H2,1H3. The molecule has 1 aromatic carbocycles. The van der Waals surface area contributed by atoms with Gasteiger partial charge in [0.1, 0.15) is 12.4 Å². The summed E-state index contributed by atoms with van der Waals surface area (Å²) in [5, 5.41) is 8.91. The van der Waals surface area contributed by atoms with E-state index in [1.54, 1.807) is 0 Å². The summed E-state index contributed by atoms with van der Waals surface area (Å²) >= 11 is 0. The molecule has 0 aliphatic carbocycles. The van der Waals surface area contributed by atoms with E-state index in [4.69, 9.17) is 9.84 Å². The van der Waals surface area contributed by atoms with Crippen LogP contribution in [-0.4, -0.2) is 29.2 Å². The highest BCUT2D eigenvalue weighted by Crippen LogP contribution is 2.22. The second-order valence-electron chi connectivity index (χ2n) is 5.28. The molecule has 1 aliphatic heterocycles. The average molecular weight is 287 g/mol. The molecule has 0 bridgehead atoms. The van der Waals surface area contributed by atoms with Crippen molar-refractivity contribution in [3.63, 3.8) is 0 Å². The second-order valence-corrected chi connectivity index (χ2v) is 5.28. The van der Waals surface area contributed by atoms with E-state index in [-0.39, 0.29) is 6.61 Å². The van der Waals surface area contributed by atoms with Crippen LogP contribution < -0.4 is 0 Å². The molecule has 21 heavy (non-hydrogen) atoms. The summed E-state index contributed by atoms with van der Waals surface area (Å²) in [6.07, 6.45) is 9.12. The van der Waals surface area contributed by atoms with E-state index in [0.717, 1.165) is 31.6 Å². The summed E-state index contributed by atoms with van der Waals surface area (Å²) in [6.45, 7) is 4.02. The van der Waals surface area contributed by atoms with E-state index in [9.17, 15) is 0 Å². The third kappa shape index (κ3) is 4.64. The number of aliphatic hydroxyl groups is 1. The van der Waals surface area contributed by atoms with Gasteiger partial charge in [-0.15, -0.1) is 0 Å². The minimum Gasteiger partial charge on any atom is -0.491 e. The molecule has 3 heteroatoms. The molecule has 1 atom stereocenters. The molecule has 114 valence electrons. The third-order valence-corrected chi connectivity index (χ3v) is 3.73. The Kier molecular flexibility index (Phi) is 6.35. The Morgan fingerprint density at radius 3 is 2.71 bits per heavy atom. The first-order valence-corrected chi connectivity index (χ1v) is 7.77. The summed E-state index contributed by atoms with van der Waals surface area (Å²) in [6, 6.07) is 10.6. The molecule has 0 aromatic heterocycles. The fourth-order valence-electron chi connectivity index (χ4n) is 2.58. The van der Waals surface area contributed by atoms with Crippen LogP contribution in [-0.2, 0) is 11.3 Å². The minimum atomic E-state index is 0.265. The van der Waals surface area contributed by atoms with Gasteiger partial charge in [0.05, 0.1) is 6.04 Å². The number of ether oxygens (including phenoxy) is 1. The van der Waals surface area contributed by atoms with Crippen molar-refractivity contribution in [2.45, 2.75) is 38.8 Å². The fraction of sp³-hybridized carbons (Fsp3) is 0.444. The Bertz CT molecular complexity index is 467. The van der Waals surface area contributed by atoms with E-state index in [1.807, 2.05) is 24.3 Å². The van der Waals surface area contributed by atoms with Crippen molar-refractivity contribution in [3.05, 3.63) is 60.0 Å². The van der Waals surface area contributed by atoms with Gasteiger partial charge in [-0.05, 0) is 43.2 Å². The normalized spacial score (nSPS) is 17.7. The van der Waals surface area contributed by atoms with Crippen LogP contribution in [0.15, 0.2) is 54.4 Å². The molecular formula is C18H25NO2. The molecule has 1 heterocycles. The van der Waals surface area contributed by atoms with Crippen molar-refractivity contribution in [1.29, 1.82) is 0 Å². The molecule has 0 fully saturated rings. The summed E-state index contributed by atoms with van der Waals surface area (Å²) in [5.74, 6) is 1.04. The van der Waals surface area contributed by atoms with Crippen molar-refractivity contribution in [3.8, 4) is 0 Å². The molecule has 0 radical (unpaired) electrons. The highest BCUT2D eigenvalue weighted by molar-refractivity contribution is 5.20. The van der Waals surface area contributed by atoms with Gasteiger partial charge in [-0.1, -0.05) is 37.3 Å². The van der Waals surface area contributed by atoms with E-state index in [0.29, 0.717) is 12.6 Å². The van der Waals surface area contributed by atoms with Gasteiger partial charge in [-0.2, -0.15) is 0 Å². The second kappa shape index (κ2) is 8.53. The van der Waals surface area contributed by atoms with Crippen molar-refractivity contribution in [2.24, 2.45) is 0 Å². The van der Waals surface area contributed by atoms with Crippen molar-refractivity contribution in [1.82, 2.24) is 4.90 Å². The lowest BCUT2D eigenvalue weighted by atomic mass is 10.1. The summed E-state index contributed by atoms with van der Waals surface area (Å²) in [7, 11) is 0. The minimum absolute atomic E-state index is 0.265. The van der Waals surface area contributed by atoms with Crippen LogP contribution in [0.2, 0.25) is 0 Å². The predicted octanol–water partition coefficient (Wildman–Crippen LogP) is 3.47. The maximum Gasteiger partial charge on any atom is 0.119 e. The Balaban J connectivity index is 1.91. The van der Waals surface area contributed by atoms with Crippen molar-refractivity contribution < 1.29 is 9.84 Å². The maximum atomic E-state index is 8.91. The number of nitrogens with zero attached hydrogens (tertiary/aromatic N) is 1. The SMILES string of the molecule is CCC1C(OCc2ccccc2)=CC=CN1CCCCO. The average Bonchev–Trinajstić information content (AvgIpc) is 2.54. The lowest BCUT2D eigenvalue weighted by molar-refractivity contribution is 0.131. The van der Waals surface area contributed by atoms with Crippen molar-refractivity contribution in [2.75, 3.05) is 13.2 Å². The van der Waals surface area contributed by atoms with Crippen LogP contribution in [0.25, 0.3) is 0 Å². The molecule has 3 nitrogen and oxygen atoms in total. The number of hydrogen-bond acceptors (Lipinski definition) is 3. The number of aliphatic hydroxyl groups excluding tert-OH is 1. The lowest BCUT2D eigenvalue weighted by Crippen LogP contribution is -2.35. The molecule has 0 saturated heterocycles. The zero-order chi connectivity index (χ0) is 14.9. The van der Waals surface area contributed by atoms with Gasteiger partial charge < -0.3 is 14.7 Å². The molecule has 1 aromatic rings. The largest absolute Gasteiger partial charge is 0.491 e. The summed E-state index contributed by atoms with van der Waals surface area (Å²) in [4.78, 5) is 2.32. The monoisotopic (exact) mass is 287 g/mol. The molecule has 0 amide bonds. The Labute approximate surface area is 127 Å². The first-order chi connectivity index (χ1) is 10.3. The smallest absolute Gasteiger partial charge is 0.119 e. The molecule has 0 spiro atoms. The van der Waals surface area contributed by atoms with Crippen LogP contribution in [0.5, 0.6) is 0 Å². The third-order valence-electron chi connectivity index (χ3n) is 3.73. The number of benzene rings is 1. The summed E-state index contributed by atoms with van der Waals surface area (Å²) in [5.41, 5.74) is 1.19. The van der Waals surface area contributed by atoms with Gasteiger partial charge in [0, 0.05) is 13.2 Å². The number of unbranched alkanes of at least 4 members (excludes halogenated alkanes) is 1.